The molecule has 5 atom stereocenters. The maximum atomic E-state index is 13.0. The van der Waals surface area contributed by atoms with Crippen molar-refractivity contribution in [2.45, 2.75) is 309 Å². The molecule has 0 spiro atoms. The summed E-state index contributed by atoms with van der Waals surface area (Å²) >= 11 is 0. The molecule has 0 bridgehead atoms. The lowest BCUT2D eigenvalue weighted by molar-refractivity contribution is -0.161. The first-order chi connectivity index (χ1) is 49.2. The lowest BCUT2D eigenvalue weighted by Gasteiger charge is -2.21. The molecule has 0 heterocycles. The summed E-state index contributed by atoms with van der Waals surface area (Å²) in [6.07, 6.45) is 92.7. The van der Waals surface area contributed by atoms with Crippen LogP contribution in [0.4, 0.5) is 0 Å². The third-order valence-corrected chi connectivity index (χ3v) is 17.6. The average Bonchev–Trinajstić information content (AvgIpc) is 1.05. The Labute approximate surface area is 612 Å². The van der Waals surface area contributed by atoms with E-state index in [9.17, 15) is 43.5 Å². The molecule has 0 aliphatic rings. The summed E-state index contributed by atoms with van der Waals surface area (Å²) in [5, 5.41) is 20.6. The first kappa shape index (κ1) is 96.2. The topological polar surface area (TPSA) is 231 Å². The van der Waals surface area contributed by atoms with Gasteiger partial charge in [0.1, 0.15) is 25.4 Å². The van der Waals surface area contributed by atoms with Crippen LogP contribution in [-0.4, -0.2) is 95.9 Å². The zero-order valence-corrected chi connectivity index (χ0v) is 64.6. The molecule has 0 fully saturated rings. The number of phosphoric ester groups is 2. The van der Waals surface area contributed by atoms with Crippen molar-refractivity contribution in [1.29, 1.82) is 0 Å². The number of carbonyl (C=O) groups excluding carboxylic acids is 3. The fraction of sp³-hybridized carbons (Fsp3) is 0.651. The van der Waals surface area contributed by atoms with Crippen molar-refractivity contribution < 1.29 is 75.8 Å². The lowest BCUT2D eigenvalue weighted by atomic mass is 10.1. The molecule has 0 aromatic carbocycles. The lowest BCUT2D eigenvalue weighted by Crippen LogP contribution is -2.30. The molecule has 0 aliphatic heterocycles. The number of carbonyl (C=O) groups is 3. The van der Waals surface area contributed by atoms with E-state index in [1.807, 2.05) is 0 Å². The van der Waals surface area contributed by atoms with Gasteiger partial charge in [0, 0.05) is 19.3 Å². The van der Waals surface area contributed by atoms with E-state index in [1.165, 1.54) is 44.9 Å². The van der Waals surface area contributed by atoms with E-state index in [2.05, 4.69) is 179 Å². The molecular weight excluding hydrogens is 1310 g/mol. The van der Waals surface area contributed by atoms with Crippen molar-refractivity contribution in [3.63, 3.8) is 0 Å². The maximum Gasteiger partial charge on any atom is 0.472 e. The molecule has 0 aromatic rings. The molecule has 0 aromatic heterocycles. The third kappa shape index (κ3) is 76.1. The number of phosphoric acid groups is 2. The van der Waals surface area contributed by atoms with E-state index < -0.39 is 91.5 Å². The summed E-state index contributed by atoms with van der Waals surface area (Å²) in [7, 11) is -9.82. The van der Waals surface area contributed by atoms with Gasteiger partial charge in [-0.15, -0.1) is 0 Å². The van der Waals surface area contributed by atoms with Crippen LogP contribution in [0.5, 0.6) is 0 Å². The van der Waals surface area contributed by atoms with E-state index in [1.54, 1.807) is 0 Å². The molecule has 0 amide bonds. The van der Waals surface area contributed by atoms with Gasteiger partial charge in [-0.1, -0.05) is 275 Å². The van der Waals surface area contributed by atoms with Gasteiger partial charge in [-0.2, -0.15) is 0 Å². The van der Waals surface area contributed by atoms with Crippen LogP contribution in [0, 0.1) is 0 Å². The number of allylic oxidation sites excluding steroid dienone is 26. The molecule has 0 saturated carbocycles. The minimum Gasteiger partial charge on any atom is -0.463 e. The van der Waals surface area contributed by atoms with Crippen LogP contribution >= 0.6 is 15.6 Å². The molecular formula is C83H138O16P2. The van der Waals surface area contributed by atoms with E-state index in [-0.39, 0.29) is 19.3 Å². The van der Waals surface area contributed by atoms with Gasteiger partial charge in [0.05, 0.1) is 26.4 Å². The maximum absolute atomic E-state index is 13.0. The average molecular weight is 1450 g/mol. The van der Waals surface area contributed by atoms with E-state index in [0.717, 1.165) is 186 Å². The second kappa shape index (κ2) is 74.9. The summed E-state index contributed by atoms with van der Waals surface area (Å²) in [5.74, 6) is -1.63. The highest BCUT2D eigenvalue weighted by Crippen LogP contribution is 2.45. The van der Waals surface area contributed by atoms with Gasteiger partial charge in [-0.25, -0.2) is 9.13 Å². The Balaban J connectivity index is 4.75. The summed E-state index contributed by atoms with van der Waals surface area (Å²) in [6, 6.07) is 0. The van der Waals surface area contributed by atoms with Crippen molar-refractivity contribution in [3.8, 4) is 0 Å². The highest BCUT2D eigenvalue weighted by Gasteiger charge is 2.29. The van der Waals surface area contributed by atoms with Crippen LogP contribution < -0.4 is 0 Å². The normalized spacial score (nSPS) is 14.9. The van der Waals surface area contributed by atoms with Crippen molar-refractivity contribution in [2.75, 3.05) is 39.6 Å². The van der Waals surface area contributed by atoms with Gasteiger partial charge in [0.2, 0.25) is 0 Å². The number of rotatable bonds is 72. The minimum absolute atomic E-state index is 0.0817. The summed E-state index contributed by atoms with van der Waals surface area (Å²) in [6.45, 7) is 2.44. The number of esters is 3. The van der Waals surface area contributed by atoms with Crippen LogP contribution in [-0.2, 0) is 55.8 Å². The molecule has 18 heteroatoms. The molecule has 0 aliphatic carbocycles. The van der Waals surface area contributed by atoms with E-state index in [4.69, 9.17) is 32.3 Å². The summed E-state index contributed by atoms with van der Waals surface area (Å²) in [5.41, 5.74) is 0. The van der Waals surface area contributed by atoms with Gasteiger partial charge >= 0.3 is 33.6 Å². The molecule has 0 radical (unpaired) electrons. The van der Waals surface area contributed by atoms with Crippen LogP contribution in [0.1, 0.15) is 290 Å². The van der Waals surface area contributed by atoms with Gasteiger partial charge in [-0.3, -0.25) is 32.5 Å². The predicted molar refractivity (Wildman–Crippen MR) is 417 cm³/mol. The largest absolute Gasteiger partial charge is 0.472 e. The van der Waals surface area contributed by atoms with Gasteiger partial charge < -0.3 is 34.2 Å². The molecule has 5 unspecified atom stereocenters. The number of hydrogen-bond acceptors (Lipinski definition) is 14. The SMILES string of the molecule is CC/C=C\C/C=C\C/C=C\C/C=C\C/C=C\C/C=C\CCCCCCC(=O)OCC(O)COP(=O)(O)OCC(O)COP(=O)(O)OCC(COC(=O)CCCCCCCCC/C=C\C/C=C\C/C=C\C/C=C\CCCCC)OC(=O)CCCCCCCC/C=C\C/C=C\C/C=C\CCCCC. The first-order valence-corrected chi connectivity index (χ1v) is 41.8. The van der Waals surface area contributed by atoms with Crippen molar-refractivity contribution in [1.82, 2.24) is 0 Å². The number of unbranched alkanes of at least 4 members (excludes halogenated alkanes) is 23. The van der Waals surface area contributed by atoms with Gasteiger partial charge in [0.25, 0.3) is 0 Å². The number of hydrogen-bond donors (Lipinski definition) is 4. The van der Waals surface area contributed by atoms with Crippen LogP contribution in [0.15, 0.2) is 158 Å². The first-order valence-electron chi connectivity index (χ1n) is 38.8. The van der Waals surface area contributed by atoms with Crippen LogP contribution in [0.25, 0.3) is 0 Å². The van der Waals surface area contributed by atoms with Gasteiger partial charge in [0.15, 0.2) is 6.10 Å². The Morgan fingerprint density at radius 2 is 0.525 bits per heavy atom. The second-order valence-corrected chi connectivity index (χ2v) is 28.3. The number of ether oxygens (including phenoxy) is 3. The fourth-order valence-corrected chi connectivity index (χ4v) is 11.4. The molecule has 0 saturated heterocycles. The summed E-state index contributed by atoms with van der Waals surface area (Å²) < 4.78 is 61.1. The third-order valence-electron chi connectivity index (χ3n) is 15.7. The predicted octanol–water partition coefficient (Wildman–Crippen LogP) is 22.6. The molecule has 0 rings (SSSR count). The van der Waals surface area contributed by atoms with Crippen molar-refractivity contribution in [2.24, 2.45) is 0 Å². The number of aliphatic hydroxyl groups is 2. The number of aliphatic hydroxyl groups excluding tert-OH is 2. The molecule has 101 heavy (non-hydrogen) atoms. The minimum atomic E-state index is -4.95. The standard InChI is InChI=1S/C83H138O16P2/c1-4-7-10-13-16-19-22-25-28-31-34-36-38-40-43-45-48-51-54-57-60-63-66-69-81(86)93-72-78(84)73-95-100(89,90)96-74-79(85)75-97-101(91,92)98-77-80(99-83(88)71-68-65-62-59-56-53-50-47-42-33-30-27-24-21-18-15-12-9-6-3)76-94-82(87)70-67-64-61-58-55-52-49-46-44-41-39-37-35-32-29-26-23-20-17-14-11-8-5-2/h7,10,16-21,25-30,34-37,40-44,47-48,51,78-80,84-85H,4-6,8-9,11-15,22-24,31-33,38-39,45-46,49-50,52-77H2,1-3H3,(H,89,90)(H,91,92)/b10-7-,19-16-,20-17-,21-18-,28-25-,29-26-,30-27-,36-34-,37-35-,43-40-,44-41-,47-42-,51-48-. The highest BCUT2D eigenvalue weighted by molar-refractivity contribution is 7.47. The smallest absolute Gasteiger partial charge is 0.463 e. The van der Waals surface area contributed by atoms with Crippen LogP contribution in [0.2, 0.25) is 0 Å². The van der Waals surface area contributed by atoms with Crippen molar-refractivity contribution in [3.05, 3.63) is 158 Å². The second-order valence-electron chi connectivity index (χ2n) is 25.4. The highest BCUT2D eigenvalue weighted by atomic mass is 31.2. The fourth-order valence-electron chi connectivity index (χ4n) is 9.80. The molecule has 16 nitrogen and oxygen atoms in total. The Bertz CT molecular complexity index is 2470. The molecule has 4 N–H and O–H groups in total. The quantitative estimate of drug-likeness (QED) is 0.0146. The Hall–Kier alpha value is -4.83. The van der Waals surface area contributed by atoms with Gasteiger partial charge in [-0.05, 0) is 154 Å². The van der Waals surface area contributed by atoms with E-state index >= 15 is 0 Å². The van der Waals surface area contributed by atoms with E-state index in [0.29, 0.717) is 19.3 Å². The van der Waals surface area contributed by atoms with Crippen LogP contribution in [0.3, 0.4) is 0 Å². The zero-order valence-electron chi connectivity index (χ0n) is 62.8. The Morgan fingerprint density at radius 1 is 0.287 bits per heavy atom. The van der Waals surface area contributed by atoms with Crippen molar-refractivity contribution >= 4 is 33.6 Å². The Kier molecular flexibility index (Phi) is 71.3. The monoisotopic (exact) mass is 1450 g/mol. The zero-order chi connectivity index (χ0) is 73.7. The molecule has 576 valence electrons. The summed E-state index contributed by atoms with van der Waals surface area (Å²) in [4.78, 5) is 58.7. The Morgan fingerprint density at radius 3 is 0.832 bits per heavy atom.